The van der Waals surface area contributed by atoms with Gasteiger partial charge in [0, 0.05) is 18.0 Å². The first-order valence-electron chi connectivity index (χ1n) is 4.31. The Morgan fingerprint density at radius 2 is 1.67 bits per heavy atom. The maximum atomic E-state index is 12.9. The van der Waals surface area contributed by atoms with Crippen molar-refractivity contribution < 1.29 is 8.78 Å². The van der Waals surface area contributed by atoms with Crippen LogP contribution in [0.25, 0.3) is 11.1 Å². The van der Waals surface area contributed by atoms with E-state index < -0.39 is 17.1 Å². The van der Waals surface area contributed by atoms with Crippen LogP contribution >= 0.6 is 0 Å². The maximum absolute atomic E-state index is 12.9. The molecule has 0 aliphatic heterocycles. The Morgan fingerprint density at radius 3 is 2.33 bits per heavy atom. The van der Waals surface area contributed by atoms with E-state index in [9.17, 15) is 13.6 Å². The Morgan fingerprint density at radius 1 is 1.00 bits per heavy atom. The zero-order valence-electron chi connectivity index (χ0n) is 7.63. The molecule has 0 unspecified atom stereocenters. The fourth-order valence-electron chi connectivity index (χ4n) is 1.30. The molecule has 0 spiro atoms. The molecule has 0 radical (unpaired) electrons. The second-order valence-electron chi connectivity index (χ2n) is 3.05. The van der Waals surface area contributed by atoms with Gasteiger partial charge in [-0.1, -0.05) is 12.1 Å². The van der Waals surface area contributed by atoms with Crippen LogP contribution in [-0.4, -0.2) is 4.98 Å². The minimum atomic E-state index is -0.850. The van der Waals surface area contributed by atoms with E-state index in [4.69, 9.17) is 0 Å². The van der Waals surface area contributed by atoms with Crippen LogP contribution in [0.5, 0.6) is 0 Å². The minimum Gasteiger partial charge on any atom is -0.364 e. The normalized spacial score (nSPS) is 10.3. The lowest BCUT2D eigenvalue weighted by molar-refractivity contribution is 0.612. The molecule has 0 aliphatic rings. The Kier molecular flexibility index (Phi) is 2.33. The van der Waals surface area contributed by atoms with Gasteiger partial charge in [-0.2, -0.15) is 0 Å². The van der Waals surface area contributed by atoms with Crippen molar-refractivity contribution in [3.8, 4) is 11.1 Å². The number of pyridine rings is 1. The van der Waals surface area contributed by atoms with E-state index in [1.807, 2.05) is 0 Å². The molecule has 1 heterocycles. The summed E-state index contributed by atoms with van der Waals surface area (Å²) in [5.74, 6) is -1.25. The summed E-state index contributed by atoms with van der Waals surface area (Å²) < 4.78 is 25.5. The van der Waals surface area contributed by atoms with Crippen LogP contribution in [0.2, 0.25) is 0 Å². The number of rotatable bonds is 1. The van der Waals surface area contributed by atoms with Crippen LogP contribution < -0.4 is 5.43 Å². The molecule has 0 atom stereocenters. The SMILES string of the molecule is O=c1c(F)c[nH]cc1-c1ccc(F)cc1. The molecule has 2 rings (SSSR count). The highest BCUT2D eigenvalue weighted by molar-refractivity contribution is 5.61. The molecule has 0 fully saturated rings. The van der Waals surface area contributed by atoms with Gasteiger partial charge >= 0.3 is 0 Å². The van der Waals surface area contributed by atoms with Crippen molar-refractivity contribution in [2.75, 3.05) is 0 Å². The standard InChI is InChI=1S/C11H7F2NO/c12-8-3-1-7(2-4-8)9-5-14-6-10(13)11(9)15/h1-6H,(H,14,15). The number of aromatic amines is 1. The van der Waals surface area contributed by atoms with Gasteiger partial charge < -0.3 is 4.98 Å². The van der Waals surface area contributed by atoms with Crippen LogP contribution in [0, 0.1) is 11.6 Å². The topological polar surface area (TPSA) is 32.9 Å². The summed E-state index contributed by atoms with van der Waals surface area (Å²) in [6.45, 7) is 0. The summed E-state index contributed by atoms with van der Waals surface area (Å²) in [6.07, 6.45) is 2.37. The summed E-state index contributed by atoms with van der Waals surface area (Å²) in [6, 6.07) is 5.30. The number of nitrogens with one attached hydrogen (secondary N) is 1. The van der Waals surface area contributed by atoms with Crippen molar-refractivity contribution in [2.45, 2.75) is 0 Å². The van der Waals surface area contributed by atoms with Gasteiger partial charge in [-0.3, -0.25) is 4.79 Å². The summed E-state index contributed by atoms with van der Waals surface area (Å²) >= 11 is 0. The van der Waals surface area contributed by atoms with E-state index >= 15 is 0 Å². The monoisotopic (exact) mass is 207 g/mol. The van der Waals surface area contributed by atoms with E-state index in [1.165, 1.54) is 30.5 Å². The molecule has 0 aliphatic carbocycles. The van der Waals surface area contributed by atoms with Gasteiger partial charge in [0.15, 0.2) is 5.82 Å². The fraction of sp³-hybridized carbons (Fsp3) is 0. The minimum absolute atomic E-state index is 0.190. The highest BCUT2D eigenvalue weighted by atomic mass is 19.1. The van der Waals surface area contributed by atoms with Crippen LogP contribution in [0.4, 0.5) is 8.78 Å². The van der Waals surface area contributed by atoms with Crippen molar-refractivity contribution in [3.63, 3.8) is 0 Å². The van der Waals surface area contributed by atoms with Gasteiger partial charge in [-0.05, 0) is 17.7 Å². The first-order chi connectivity index (χ1) is 7.18. The Bertz CT molecular complexity index is 531. The van der Waals surface area contributed by atoms with E-state index in [2.05, 4.69) is 4.98 Å². The zero-order valence-corrected chi connectivity index (χ0v) is 7.63. The van der Waals surface area contributed by atoms with E-state index in [-0.39, 0.29) is 5.56 Å². The predicted octanol–water partition coefficient (Wildman–Crippen LogP) is 2.32. The van der Waals surface area contributed by atoms with Gasteiger partial charge in [-0.25, -0.2) is 8.78 Å². The van der Waals surface area contributed by atoms with Gasteiger partial charge in [0.1, 0.15) is 5.82 Å². The third kappa shape index (κ3) is 1.79. The molecule has 0 saturated carbocycles. The molecule has 0 amide bonds. The molecule has 1 aromatic heterocycles. The second kappa shape index (κ2) is 3.65. The summed E-state index contributed by atoms with van der Waals surface area (Å²) in [4.78, 5) is 13.9. The van der Waals surface area contributed by atoms with E-state index in [0.29, 0.717) is 5.56 Å². The van der Waals surface area contributed by atoms with Gasteiger partial charge in [0.25, 0.3) is 0 Å². The lowest BCUT2D eigenvalue weighted by Crippen LogP contribution is -2.09. The lowest BCUT2D eigenvalue weighted by atomic mass is 10.1. The average molecular weight is 207 g/mol. The molecule has 4 heteroatoms. The number of benzene rings is 1. The van der Waals surface area contributed by atoms with Crippen molar-refractivity contribution in [3.05, 3.63) is 58.5 Å². The quantitative estimate of drug-likeness (QED) is 0.764. The molecule has 1 aromatic carbocycles. The summed E-state index contributed by atoms with van der Waals surface area (Å²) in [5.41, 5.74) is -0.0208. The highest BCUT2D eigenvalue weighted by Gasteiger charge is 2.06. The third-order valence-electron chi connectivity index (χ3n) is 2.05. The van der Waals surface area contributed by atoms with E-state index in [0.717, 1.165) is 6.20 Å². The van der Waals surface area contributed by atoms with Crippen molar-refractivity contribution >= 4 is 0 Å². The molecule has 76 valence electrons. The summed E-state index contributed by atoms with van der Waals surface area (Å²) in [7, 11) is 0. The molecular formula is C11H7F2NO. The molecule has 0 saturated heterocycles. The number of aromatic nitrogens is 1. The van der Waals surface area contributed by atoms with Gasteiger partial charge in [-0.15, -0.1) is 0 Å². The highest BCUT2D eigenvalue weighted by Crippen LogP contribution is 2.14. The van der Waals surface area contributed by atoms with Crippen LogP contribution in [0.3, 0.4) is 0 Å². The molecule has 1 N–H and O–H groups in total. The number of hydrogen-bond acceptors (Lipinski definition) is 1. The summed E-state index contributed by atoms with van der Waals surface area (Å²) in [5, 5.41) is 0. The smallest absolute Gasteiger partial charge is 0.224 e. The van der Waals surface area contributed by atoms with Crippen molar-refractivity contribution in [1.29, 1.82) is 0 Å². The maximum Gasteiger partial charge on any atom is 0.224 e. The van der Waals surface area contributed by atoms with Crippen LogP contribution in [0.1, 0.15) is 0 Å². The first-order valence-corrected chi connectivity index (χ1v) is 4.31. The number of halogens is 2. The molecule has 0 bridgehead atoms. The van der Waals surface area contributed by atoms with Gasteiger partial charge in [0.2, 0.25) is 5.43 Å². The fourth-order valence-corrected chi connectivity index (χ4v) is 1.30. The number of H-pyrrole nitrogens is 1. The lowest BCUT2D eigenvalue weighted by Gasteiger charge is -1.99. The van der Waals surface area contributed by atoms with Crippen LogP contribution in [0.15, 0.2) is 41.5 Å². The molecule has 2 aromatic rings. The molecule has 15 heavy (non-hydrogen) atoms. The number of hydrogen-bond donors (Lipinski definition) is 1. The van der Waals surface area contributed by atoms with Gasteiger partial charge in [0.05, 0.1) is 0 Å². The van der Waals surface area contributed by atoms with Crippen molar-refractivity contribution in [2.24, 2.45) is 0 Å². The van der Waals surface area contributed by atoms with Crippen molar-refractivity contribution in [1.82, 2.24) is 4.98 Å². The van der Waals surface area contributed by atoms with E-state index in [1.54, 1.807) is 0 Å². The Balaban J connectivity index is 2.59. The first kappa shape index (κ1) is 9.58. The Labute approximate surface area is 84.2 Å². The zero-order chi connectivity index (χ0) is 10.8. The largest absolute Gasteiger partial charge is 0.364 e. The second-order valence-corrected chi connectivity index (χ2v) is 3.05. The molecular weight excluding hydrogens is 200 g/mol. The Hall–Kier alpha value is -1.97. The molecule has 2 nitrogen and oxygen atoms in total. The average Bonchev–Trinajstić information content (AvgIpc) is 2.24. The van der Waals surface area contributed by atoms with Crippen LogP contribution in [-0.2, 0) is 0 Å². The predicted molar refractivity (Wildman–Crippen MR) is 52.4 cm³/mol. The third-order valence-corrected chi connectivity index (χ3v) is 2.05.